The van der Waals surface area contributed by atoms with E-state index in [1.165, 1.54) is 11.1 Å². The molecule has 1 amide bonds. The fourth-order valence-electron chi connectivity index (χ4n) is 5.39. The number of ether oxygens (including phenoxy) is 1. The van der Waals surface area contributed by atoms with E-state index in [1.807, 2.05) is 6.20 Å². The number of pyridine rings is 1. The van der Waals surface area contributed by atoms with Crippen LogP contribution in [0.15, 0.2) is 12.3 Å². The van der Waals surface area contributed by atoms with Crippen molar-refractivity contribution in [3.05, 3.63) is 23.4 Å². The van der Waals surface area contributed by atoms with Gasteiger partial charge in [0.05, 0.1) is 7.11 Å². The Labute approximate surface area is 155 Å². The molecule has 1 aliphatic carbocycles. The zero-order valence-corrected chi connectivity index (χ0v) is 15.8. The molecule has 0 aromatic carbocycles. The number of piperidine rings is 1. The van der Waals surface area contributed by atoms with E-state index in [2.05, 4.69) is 22.9 Å². The Morgan fingerprint density at radius 2 is 2.04 bits per heavy atom. The molecule has 1 saturated carbocycles. The number of nitrogens with zero attached hydrogens (tertiary/aromatic N) is 3. The van der Waals surface area contributed by atoms with Crippen LogP contribution in [0.2, 0.25) is 0 Å². The summed E-state index contributed by atoms with van der Waals surface area (Å²) in [4.78, 5) is 19.8. The van der Waals surface area contributed by atoms with Gasteiger partial charge < -0.3 is 19.6 Å². The number of aryl methyl sites for hydroxylation is 1. The van der Waals surface area contributed by atoms with Gasteiger partial charge in [-0.2, -0.15) is 0 Å². The summed E-state index contributed by atoms with van der Waals surface area (Å²) in [5.74, 6) is 1.31. The number of likely N-dealkylation sites (tertiary alicyclic amines) is 2. The van der Waals surface area contributed by atoms with Crippen LogP contribution < -0.4 is 4.74 Å². The lowest BCUT2D eigenvalue weighted by Gasteiger charge is -2.51. The number of carboxylic acid groups (broad SMARTS) is 1. The monoisotopic (exact) mass is 359 g/mol. The van der Waals surface area contributed by atoms with Gasteiger partial charge in [0.25, 0.3) is 0 Å². The molecular formula is C20H29N3O3. The first-order chi connectivity index (χ1) is 12.5. The third-order valence-electron chi connectivity index (χ3n) is 6.87. The molecule has 1 N–H and O–H groups in total. The second kappa shape index (κ2) is 6.72. The Morgan fingerprint density at radius 1 is 1.31 bits per heavy atom. The van der Waals surface area contributed by atoms with Crippen LogP contribution in [-0.4, -0.2) is 65.3 Å². The summed E-state index contributed by atoms with van der Waals surface area (Å²) in [5, 5.41) is 9.18. The fourth-order valence-corrected chi connectivity index (χ4v) is 5.39. The van der Waals surface area contributed by atoms with Crippen molar-refractivity contribution in [1.82, 2.24) is 14.8 Å². The van der Waals surface area contributed by atoms with Crippen LogP contribution in [0.4, 0.5) is 4.79 Å². The maximum atomic E-state index is 11.2. The zero-order chi connectivity index (χ0) is 18.3. The maximum absolute atomic E-state index is 11.2. The number of aromatic nitrogens is 1. The van der Waals surface area contributed by atoms with Crippen LogP contribution in [0.5, 0.6) is 5.88 Å². The molecule has 0 radical (unpaired) electrons. The molecule has 1 aromatic rings. The molecular weight excluding hydrogens is 330 g/mol. The number of hydrogen-bond acceptors (Lipinski definition) is 4. The van der Waals surface area contributed by atoms with Crippen LogP contribution in [-0.2, 0) is 0 Å². The molecule has 6 nitrogen and oxygen atoms in total. The Morgan fingerprint density at radius 3 is 2.65 bits per heavy atom. The average Bonchev–Trinajstić information content (AvgIpc) is 3.06. The lowest BCUT2D eigenvalue weighted by molar-refractivity contribution is -0.00397. The van der Waals surface area contributed by atoms with E-state index >= 15 is 0 Å². The molecule has 2 aliphatic heterocycles. The number of methoxy groups -OCH3 is 1. The smallest absolute Gasteiger partial charge is 0.407 e. The standard InChI is InChI=1S/C20H29N3O3/c1-14-3-7-21-18(26-2)17(14)15-4-8-22(9-5-15)16-11-20(12-16)6-10-23(13-20)19(24)25/h3,7,15-16H,4-6,8-13H2,1-2H3,(H,24,25). The van der Waals surface area contributed by atoms with Gasteiger partial charge in [0, 0.05) is 30.9 Å². The van der Waals surface area contributed by atoms with E-state index in [-0.39, 0.29) is 5.41 Å². The summed E-state index contributed by atoms with van der Waals surface area (Å²) in [6.07, 6.45) is 6.72. The van der Waals surface area contributed by atoms with Crippen molar-refractivity contribution < 1.29 is 14.6 Å². The maximum Gasteiger partial charge on any atom is 0.407 e. The summed E-state index contributed by atoms with van der Waals surface area (Å²) in [5.41, 5.74) is 2.83. The highest BCUT2D eigenvalue weighted by atomic mass is 16.5. The molecule has 0 bridgehead atoms. The highest BCUT2D eigenvalue weighted by Crippen LogP contribution is 2.51. The summed E-state index contributed by atoms with van der Waals surface area (Å²) >= 11 is 0. The van der Waals surface area contributed by atoms with E-state index in [9.17, 15) is 9.90 Å². The summed E-state index contributed by atoms with van der Waals surface area (Å²) < 4.78 is 5.50. The minimum absolute atomic E-state index is 0.267. The summed E-state index contributed by atoms with van der Waals surface area (Å²) in [7, 11) is 1.70. The first-order valence-corrected chi connectivity index (χ1v) is 9.73. The molecule has 3 heterocycles. The first-order valence-electron chi connectivity index (χ1n) is 9.73. The predicted octanol–water partition coefficient (Wildman–Crippen LogP) is 3.11. The molecule has 1 aromatic heterocycles. The number of hydrogen-bond donors (Lipinski definition) is 1. The largest absolute Gasteiger partial charge is 0.481 e. The molecule has 3 aliphatic rings. The van der Waals surface area contributed by atoms with Crippen molar-refractivity contribution >= 4 is 6.09 Å². The van der Waals surface area contributed by atoms with Gasteiger partial charge in [-0.25, -0.2) is 9.78 Å². The van der Waals surface area contributed by atoms with Crippen LogP contribution in [0.3, 0.4) is 0 Å². The Balaban J connectivity index is 1.33. The van der Waals surface area contributed by atoms with Gasteiger partial charge in [0.2, 0.25) is 5.88 Å². The highest BCUT2D eigenvalue weighted by Gasteiger charge is 2.51. The second-order valence-electron chi connectivity index (χ2n) is 8.38. The van der Waals surface area contributed by atoms with Crippen LogP contribution in [0.1, 0.15) is 49.1 Å². The van der Waals surface area contributed by atoms with Crippen molar-refractivity contribution in [1.29, 1.82) is 0 Å². The lowest BCUT2D eigenvalue weighted by atomic mass is 9.64. The Hall–Kier alpha value is -1.82. The van der Waals surface area contributed by atoms with Gasteiger partial charge in [-0.3, -0.25) is 0 Å². The minimum Gasteiger partial charge on any atom is -0.481 e. The molecule has 0 unspecified atom stereocenters. The van der Waals surface area contributed by atoms with Crippen molar-refractivity contribution in [2.75, 3.05) is 33.3 Å². The van der Waals surface area contributed by atoms with Gasteiger partial charge in [0.15, 0.2) is 0 Å². The van der Waals surface area contributed by atoms with Gasteiger partial charge in [-0.15, -0.1) is 0 Å². The van der Waals surface area contributed by atoms with Crippen LogP contribution in [0.25, 0.3) is 0 Å². The van der Waals surface area contributed by atoms with E-state index in [4.69, 9.17) is 4.74 Å². The number of rotatable bonds is 3. The summed E-state index contributed by atoms with van der Waals surface area (Å²) in [6.45, 7) is 5.83. The molecule has 6 heteroatoms. The van der Waals surface area contributed by atoms with Gasteiger partial charge in [-0.05, 0) is 75.1 Å². The van der Waals surface area contributed by atoms with Crippen LogP contribution in [0, 0.1) is 12.3 Å². The van der Waals surface area contributed by atoms with Crippen molar-refractivity contribution in [3.63, 3.8) is 0 Å². The van der Waals surface area contributed by atoms with Crippen LogP contribution >= 0.6 is 0 Å². The van der Waals surface area contributed by atoms with Crippen molar-refractivity contribution in [2.24, 2.45) is 5.41 Å². The van der Waals surface area contributed by atoms with E-state index in [0.717, 1.165) is 57.6 Å². The topological polar surface area (TPSA) is 65.9 Å². The number of carbonyl (C=O) groups is 1. The highest BCUT2D eigenvalue weighted by molar-refractivity contribution is 5.65. The summed E-state index contributed by atoms with van der Waals surface area (Å²) in [6, 6.07) is 2.72. The van der Waals surface area contributed by atoms with Gasteiger partial charge in [0.1, 0.15) is 0 Å². The van der Waals surface area contributed by atoms with E-state index < -0.39 is 6.09 Å². The van der Waals surface area contributed by atoms with Crippen molar-refractivity contribution in [2.45, 2.75) is 51.0 Å². The Kier molecular flexibility index (Phi) is 4.55. The SMILES string of the molecule is COc1nccc(C)c1C1CCN(C2CC3(CCN(C(=O)O)C3)C2)CC1. The normalized spacial score (nSPS) is 29.8. The first kappa shape index (κ1) is 17.6. The Bertz CT molecular complexity index is 679. The molecule has 26 heavy (non-hydrogen) atoms. The molecule has 2 saturated heterocycles. The molecule has 4 rings (SSSR count). The molecule has 0 atom stereocenters. The zero-order valence-electron chi connectivity index (χ0n) is 15.8. The average molecular weight is 359 g/mol. The lowest BCUT2D eigenvalue weighted by Crippen LogP contribution is -2.54. The minimum atomic E-state index is -0.757. The quantitative estimate of drug-likeness (QED) is 0.898. The van der Waals surface area contributed by atoms with Gasteiger partial charge >= 0.3 is 6.09 Å². The molecule has 142 valence electrons. The third kappa shape index (κ3) is 3.04. The number of amides is 1. The second-order valence-corrected chi connectivity index (χ2v) is 8.38. The fraction of sp³-hybridized carbons (Fsp3) is 0.700. The van der Waals surface area contributed by atoms with E-state index in [1.54, 1.807) is 12.0 Å². The predicted molar refractivity (Wildman–Crippen MR) is 98.7 cm³/mol. The molecule has 1 spiro atoms. The van der Waals surface area contributed by atoms with E-state index in [0.29, 0.717) is 18.5 Å². The molecule has 3 fully saturated rings. The van der Waals surface area contributed by atoms with Gasteiger partial charge in [-0.1, -0.05) is 0 Å². The third-order valence-corrected chi connectivity index (χ3v) is 6.87. The van der Waals surface area contributed by atoms with Crippen molar-refractivity contribution in [3.8, 4) is 5.88 Å².